The van der Waals surface area contributed by atoms with Crippen LogP contribution < -0.4 is 5.32 Å². The van der Waals surface area contributed by atoms with Gasteiger partial charge >= 0.3 is 6.09 Å². The molecule has 7 heteroatoms. The molecule has 1 aromatic heterocycles. The summed E-state index contributed by atoms with van der Waals surface area (Å²) in [4.78, 5) is 19.6. The largest absolute Gasteiger partial charge is 0.443 e. The molecule has 5 rings (SSSR count). The number of carbonyl (C=O) groups is 1. The molecule has 0 spiro atoms. The number of amides is 1. The van der Waals surface area contributed by atoms with E-state index in [9.17, 15) is 9.18 Å². The standard InChI is InChI=1S/C18H20FN3O2S/c1-12-2-3-14(19)13(10-12)15-16(20-11-25-15)21-17(23)24-18-4-7-22(8-5-18)9-6-18/h2-3,10-11H,4-9H2,1H3,(H,21,23). The third-order valence-corrected chi connectivity index (χ3v) is 5.97. The second kappa shape index (κ2) is 6.38. The highest BCUT2D eigenvalue weighted by Gasteiger charge is 2.42. The van der Waals surface area contributed by atoms with Crippen LogP contribution in [0.25, 0.3) is 10.4 Å². The summed E-state index contributed by atoms with van der Waals surface area (Å²) in [6, 6.07) is 4.91. The maximum absolute atomic E-state index is 14.2. The Morgan fingerprint density at radius 1 is 1.32 bits per heavy atom. The summed E-state index contributed by atoms with van der Waals surface area (Å²) in [7, 11) is 0. The number of hydrogen-bond acceptors (Lipinski definition) is 5. The molecule has 1 N–H and O–H groups in total. The number of ether oxygens (including phenoxy) is 1. The Labute approximate surface area is 149 Å². The molecule has 1 aromatic carbocycles. The second-order valence-corrected chi connectivity index (χ2v) is 7.66. The highest BCUT2D eigenvalue weighted by molar-refractivity contribution is 7.13. The average molecular weight is 361 g/mol. The van der Waals surface area contributed by atoms with Crippen LogP contribution >= 0.6 is 11.3 Å². The van der Waals surface area contributed by atoms with Crippen molar-refractivity contribution in [3.8, 4) is 10.4 Å². The number of halogens is 1. The summed E-state index contributed by atoms with van der Waals surface area (Å²) < 4.78 is 20.0. The zero-order chi connectivity index (χ0) is 17.4. The predicted octanol–water partition coefficient (Wildman–Crippen LogP) is 4.04. The van der Waals surface area contributed by atoms with E-state index in [-0.39, 0.29) is 11.4 Å². The molecule has 1 amide bonds. The van der Waals surface area contributed by atoms with Gasteiger partial charge in [-0.3, -0.25) is 5.32 Å². The lowest BCUT2D eigenvalue weighted by Crippen LogP contribution is -2.54. The molecule has 132 valence electrons. The van der Waals surface area contributed by atoms with Gasteiger partial charge in [0.1, 0.15) is 11.4 Å². The number of aromatic nitrogens is 1. The van der Waals surface area contributed by atoms with Crippen LogP contribution in [0.4, 0.5) is 15.0 Å². The van der Waals surface area contributed by atoms with Crippen molar-refractivity contribution in [3.05, 3.63) is 35.1 Å². The monoisotopic (exact) mass is 361 g/mol. The van der Waals surface area contributed by atoms with Gasteiger partial charge in [-0.1, -0.05) is 11.6 Å². The summed E-state index contributed by atoms with van der Waals surface area (Å²) in [6.07, 6.45) is 2.11. The molecule has 0 unspecified atom stereocenters. The third-order valence-electron chi connectivity index (χ3n) is 5.11. The SMILES string of the molecule is Cc1ccc(F)c(-c2scnc2NC(=O)OC23CCN(CC2)CC3)c1. The van der Waals surface area contributed by atoms with Crippen LogP contribution in [-0.4, -0.2) is 41.2 Å². The number of nitrogens with one attached hydrogen (secondary N) is 1. The first-order chi connectivity index (χ1) is 12.0. The van der Waals surface area contributed by atoms with Gasteiger partial charge in [0.25, 0.3) is 0 Å². The summed E-state index contributed by atoms with van der Waals surface area (Å²) in [5.74, 6) is 0.0219. The lowest BCUT2D eigenvalue weighted by Gasteiger charge is -2.47. The van der Waals surface area contributed by atoms with Gasteiger partial charge in [-0.2, -0.15) is 0 Å². The molecule has 4 heterocycles. The Balaban J connectivity index is 1.51. The minimum atomic E-state index is -0.504. The molecule has 3 saturated heterocycles. The van der Waals surface area contributed by atoms with Gasteiger partial charge < -0.3 is 9.64 Å². The molecule has 2 bridgehead atoms. The van der Waals surface area contributed by atoms with Gasteiger partial charge in [-0.15, -0.1) is 11.3 Å². The number of aryl methyl sites for hydroxylation is 1. The predicted molar refractivity (Wildman–Crippen MR) is 95.4 cm³/mol. The van der Waals surface area contributed by atoms with Crippen molar-refractivity contribution in [2.24, 2.45) is 0 Å². The fraction of sp³-hybridized carbons (Fsp3) is 0.444. The van der Waals surface area contributed by atoms with E-state index in [0.717, 1.165) is 44.5 Å². The number of nitrogens with zero attached hydrogens (tertiary/aromatic N) is 2. The highest BCUT2D eigenvalue weighted by atomic mass is 32.1. The minimum absolute atomic E-state index is 0.329. The molecule has 0 saturated carbocycles. The molecule has 0 aliphatic carbocycles. The maximum Gasteiger partial charge on any atom is 0.413 e. The molecular formula is C18H20FN3O2S. The van der Waals surface area contributed by atoms with Crippen LogP contribution in [0, 0.1) is 12.7 Å². The molecule has 5 nitrogen and oxygen atoms in total. The number of hydrogen-bond donors (Lipinski definition) is 1. The van der Waals surface area contributed by atoms with Gasteiger partial charge in [-0.05, 0) is 19.1 Å². The van der Waals surface area contributed by atoms with E-state index in [2.05, 4.69) is 15.2 Å². The molecule has 25 heavy (non-hydrogen) atoms. The summed E-state index contributed by atoms with van der Waals surface area (Å²) in [5, 5.41) is 2.72. The Morgan fingerprint density at radius 2 is 2.04 bits per heavy atom. The first-order valence-corrected chi connectivity index (χ1v) is 9.35. The molecule has 3 fully saturated rings. The summed E-state index contributed by atoms with van der Waals surface area (Å²) in [5.41, 5.74) is 2.64. The molecule has 0 radical (unpaired) electrons. The number of benzene rings is 1. The average Bonchev–Trinajstić information content (AvgIpc) is 3.06. The van der Waals surface area contributed by atoms with Crippen molar-refractivity contribution in [3.63, 3.8) is 0 Å². The number of anilines is 1. The van der Waals surface area contributed by atoms with E-state index in [1.54, 1.807) is 17.6 Å². The fourth-order valence-corrected chi connectivity index (χ4v) is 4.37. The van der Waals surface area contributed by atoms with E-state index in [4.69, 9.17) is 4.74 Å². The Hall–Kier alpha value is -1.99. The van der Waals surface area contributed by atoms with Crippen molar-refractivity contribution in [1.82, 2.24) is 9.88 Å². The Kier molecular flexibility index (Phi) is 4.21. The number of carbonyl (C=O) groups excluding carboxylic acids is 1. The van der Waals surface area contributed by atoms with Crippen LogP contribution in [0.5, 0.6) is 0 Å². The van der Waals surface area contributed by atoms with Gasteiger partial charge in [0.2, 0.25) is 0 Å². The van der Waals surface area contributed by atoms with Crippen molar-refractivity contribution in [2.45, 2.75) is 31.8 Å². The zero-order valence-electron chi connectivity index (χ0n) is 14.0. The fourth-order valence-electron chi connectivity index (χ4n) is 3.61. The molecular weight excluding hydrogens is 341 g/mol. The van der Waals surface area contributed by atoms with Crippen LogP contribution in [0.2, 0.25) is 0 Å². The summed E-state index contributed by atoms with van der Waals surface area (Å²) in [6.45, 7) is 4.83. The quantitative estimate of drug-likeness (QED) is 0.896. The maximum atomic E-state index is 14.2. The van der Waals surface area contributed by atoms with Crippen LogP contribution in [-0.2, 0) is 4.74 Å². The van der Waals surface area contributed by atoms with E-state index in [1.165, 1.54) is 17.4 Å². The van der Waals surface area contributed by atoms with Gasteiger partial charge in [-0.25, -0.2) is 14.2 Å². The summed E-state index contributed by atoms with van der Waals surface area (Å²) >= 11 is 1.30. The van der Waals surface area contributed by atoms with E-state index < -0.39 is 6.09 Å². The van der Waals surface area contributed by atoms with Crippen molar-refractivity contribution in [2.75, 3.05) is 25.0 Å². The second-order valence-electron chi connectivity index (χ2n) is 6.80. The van der Waals surface area contributed by atoms with Gasteiger partial charge in [0, 0.05) is 44.5 Å². The normalized spacial score (nSPS) is 25.0. The van der Waals surface area contributed by atoms with Crippen molar-refractivity contribution in [1.29, 1.82) is 0 Å². The van der Waals surface area contributed by atoms with E-state index >= 15 is 0 Å². The topological polar surface area (TPSA) is 54.5 Å². The molecule has 3 aliphatic heterocycles. The number of thiazole rings is 1. The van der Waals surface area contributed by atoms with Crippen molar-refractivity contribution < 1.29 is 13.9 Å². The first kappa shape index (κ1) is 16.5. The van der Waals surface area contributed by atoms with E-state index in [0.29, 0.717) is 16.3 Å². The number of rotatable bonds is 3. The molecule has 3 aliphatic rings. The van der Waals surface area contributed by atoms with Gasteiger partial charge in [0.15, 0.2) is 5.82 Å². The highest BCUT2D eigenvalue weighted by Crippen LogP contribution is 2.37. The number of piperidine rings is 3. The first-order valence-electron chi connectivity index (χ1n) is 8.47. The van der Waals surface area contributed by atoms with Gasteiger partial charge in [0.05, 0.1) is 10.4 Å². The smallest absolute Gasteiger partial charge is 0.413 e. The lowest BCUT2D eigenvalue weighted by atomic mass is 9.83. The molecule has 0 atom stereocenters. The lowest BCUT2D eigenvalue weighted by molar-refractivity contribution is -0.0742. The van der Waals surface area contributed by atoms with Crippen LogP contribution in [0.3, 0.4) is 0 Å². The van der Waals surface area contributed by atoms with E-state index in [1.807, 2.05) is 6.92 Å². The van der Waals surface area contributed by atoms with Crippen LogP contribution in [0.1, 0.15) is 24.8 Å². The van der Waals surface area contributed by atoms with Crippen LogP contribution in [0.15, 0.2) is 23.7 Å². The Bertz CT molecular complexity index is 786. The minimum Gasteiger partial charge on any atom is -0.443 e. The Morgan fingerprint density at radius 3 is 2.76 bits per heavy atom. The zero-order valence-corrected chi connectivity index (χ0v) is 14.9. The van der Waals surface area contributed by atoms with Crippen molar-refractivity contribution >= 4 is 23.2 Å². The molecule has 2 aromatic rings. The number of fused-ring (bicyclic) bond motifs is 3. The third kappa shape index (κ3) is 3.26.